The predicted molar refractivity (Wildman–Crippen MR) is 68.9 cm³/mol. The highest BCUT2D eigenvalue weighted by Gasteiger charge is 2.15. The normalized spacial score (nSPS) is 13.1. The summed E-state index contributed by atoms with van der Waals surface area (Å²) in [6.45, 7) is 6.39. The van der Waals surface area contributed by atoms with E-state index in [1.54, 1.807) is 11.3 Å². The molecule has 0 aliphatic heterocycles. The van der Waals surface area contributed by atoms with Gasteiger partial charge in [-0.2, -0.15) is 0 Å². The van der Waals surface area contributed by atoms with Crippen LogP contribution in [0, 0.1) is 20.8 Å². The Hall–Kier alpha value is -0.640. The minimum Gasteiger partial charge on any atom is -0.319 e. The lowest BCUT2D eigenvalue weighted by Gasteiger charge is -2.08. The predicted octanol–water partition coefficient (Wildman–Crippen LogP) is 3.78. The first kappa shape index (κ1) is 10.9. The summed E-state index contributed by atoms with van der Waals surface area (Å²) < 4.78 is 0. The molecule has 3 heteroatoms. The molecule has 15 heavy (non-hydrogen) atoms. The first-order valence-corrected chi connectivity index (χ1v) is 6.60. The molecule has 0 radical (unpaired) electrons. The summed E-state index contributed by atoms with van der Waals surface area (Å²) in [6.07, 6.45) is 0. The fourth-order valence-electron chi connectivity index (χ4n) is 1.72. The second-order valence-corrected chi connectivity index (χ2v) is 6.44. The number of hydrogen-bond acceptors (Lipinski definition) is 3. The molecule has 2 N–H and O–H groups in total. The van der Waals surface area contributed by atoms with Crippen molar-refractivity contribution in [2.75, 3.05) is 0 Å². The van der Waals surface area contributed by atoms with Crippen LogP contribution in [0.5, 0.6) is 0 Å². The van der Waals surface area contributed by atoms with Crippen molar-refractivity contribution in [3.63, 3.8) is 0 Å². The Morgan fingerprint density at radius 1 is 1.07 bits per heavy atom. The second kappa shape index (κ2) is 4.08. The third-order valence-electron chi connectivity index (χ3n) is 2.43. The average molecular weight is 237 g/mol. The van der Waals surface area contributed by atoms with Gasteiger partial charge in [0.1, 0.15) is 0 Å². The van der Waals surface area contributed by atoms with Gasteiger partial charge in [0.25, 0.3) is 0 Å². The monoisotopic (exact) mass is 237 g/mol. The quantitative estimate of drug-likeness (QED) is 0.845. The van der Waals surface area contributed by atoms with Crippen LogP contribution in [0.15, 0.2) is 18.2 Å². The van der Waals surface area contributed by atoms with Crippen molar-refractivity contribution >= 4 is 22.7 Å². The summed E-state index contributed by atoms with van der Waals surface area (Å²) in [7, 11) is 0. The van der Waals surface area contributed by atoms with Gasteiger partial charge in [0.2, 0.25) is 0 Å². The van der Waals surface area contributed by atoms with Crippen LogP contribution < -0.4 is 5.73 Å². The lowest BCUT2D eigenvalue weighted by atomic mass is 10.1. The standard InChI is InChI=1S/C12H15NS2/c1-7-6-9(3)15-12(7)11(13)10-5-4-8(2)14-10/h4-6,11H,13H2,1-3H3. The summed E-state index contributed by atoms with van der Waals surface area (Å²) in [5.74, 6) is 0. The van der Waals surface area contributed by atoms with Crippen molar-refractivity contribution in [3.8, 4) is 0 Å². The highest BCUT2D eigenvalue weighted by Crippen LogP contribution is 2.33. The van der Waals surface area contributed by atoms with Crippen LogP contribution in [0.1, 0.15) is 31.1 Å². The van der Waals surface area contributed by atoms with Gasteiger partial charge in [0.05, 0.1) is 6.04 Å². The molecule has 1 nitrogen and oxygen atoms in total. The molecule has 2 heterocycles. The molecule has 0 spiro atoms. The van der Waals surface area contributed by atoms with E-state index in [0.29, 0.717) is 0 Å². The summed E-state index contributed by atoms with van der Waals surface area (Å²) in [5.41, 5.74) is 7.58. The molecule has 0 saturated heterocycles. The summed E-state index contributed by atoms with van der Waals surface area (Å²) in [4.78, 5) is 5.23. The Labute approximate surface area is 98.6 Å². The molecule has 0 bridgehead atoms. The largest absolute Gasteiger partial charge is 0.319 e. The van der Waals surface area contributed by atoms with Gasteiger partial charge in [-0.05, 0) is 44.5 Å². The van der Waals surface area contributed by atoms with Crippen LogP contribution in [0.25, 0.3) is 0 Å². The molecule has 0 aliphatic rings. The zero-order chi connectivity index (χ0) is 11.0. The van der Waals surface area contributed by atoms with Crippen molar-refractivity contribution < 1.29 is 0 Å². The van der Waals surface area contributed by atoms with Crippen LogP contribution in [0.4, 0.5) is 0 Å². The Morgan fingerprint density at radius 2 is 1.80 bits per heavy atom. The molecule has 0 amide bonds. The molecule has 0 saturated carbocycles. The maximum absolute atomic E-state index is 6.26. The van der Waals surface area contributed by atoms with Crippen molar-refractivity contribution in [1.82, 2.24) is 0 Å². The SMILES string of the molecule is Cc1ccc(C(N)c2sc(C)cc2C)s1. The van der Waals surface area contributed by atoms with Gasteiger partial charge < -0.3 is 5.73 Å². The number of thiophene rings is 2. The summed E-state index contributed by atoms with van der Waals surface area (Å²) >= 11 is 3.60. The Kier molecular flexibility index (Phi) is 2.96. The van der Waals surface area contributed by atoms with Gasteiger partial charge in [-0.15, -0.1) is 22.7 Å². The van der Waals surface area contributed by atoms with Crippen LogP contribution in [-0.2, 0) is 0 Å². The molecule has 1 unspecified atom stereocenters. The molecule has 0 aromatic carbocycles. The molecule has 2 rings (SSSR count). The van der Waals surface area contributed by atoms with Crippen molar-refractivity contribution in [2.24, 2.45) is 5.73 Å². The molecule has 0 aliphatic carbocycles. The zero-order valence-corrected chi connectivity index (χ0v) is 10.8. The van der Waals surface area contributed by atoms with Crippen LogP contribution in [-0.4, -0.2) is 0 Å². The maximum Gasteiger partial charge on any atom is 0.0742 e. The van der Waals surface area contributed by atoms with Crippen LogP contribution >= 0.6 is 22.7 Å². The second-order valence-electron chi connectivity index (χ2n) is 3.83. The molecular weight excluding hydrogens is 222 g/mol. The van der Waals surface area contributed by atoms with Gasteiger partial charge in [-0.25, -0.2) is 0 Å². The van der Waals surface area contributed by atoms with E-state index in [1.165, 1.54) is 25.1 Å². The minimum absolute atomic E-state index is 0.0578. The van der Waals surface area contributed by atoms with Gasteiger partial charge >= 0.3 is 0 Å². The fraction of sp³-hybridized carbons (Fsp3) is 0.333. The maximum atomic E-state index is 6.26. The highest BCUT2D eigenvalue weighted by atomic mass is 32.1. The molecule has 80 valence electrons. The Balaban J connectivity index is 2.35. The zero-order valence-electron chi connectivity index (χ0n) is 9.20. The van der Waals surface area contributed by atoms with Gasteiger partial charge in [-0.3, -0.25) is 0 Å². The van der Waals surface area contributed by atoms with Crippen molar-refractivity contribution in [1.29, 1.82) is 0 Å². The Bertz CT molecular complexity index is 468. The average Bonchev–Trinajstić information content (AvgIpc) is 2.71. The first-order valence-electron chi connectivity index (χ1n) is 4.97. The lowest BCUT2D eigenvalue weighted by Crippen LogP contribution is -2.09. The van der Waals surface area contributed by atoms with Crippen LogP contribution in [0.2, 0.25) is 0 Å². The minimum atomic E-state index is 0.0578. The van der Waals surface area contributed by atoms with Gasteiger partial charge in [0.15, 0.2) is 0 Å². The third kappa shape index (κ3) is 2.14. The molecular formula is C12H15NS2. The van der Waals surface area contributed by atoms with Crippen molar-refractivity contribution in [2.45, 2.75) is 26.8 Å². The fourth-order valence-corrected chi connectivity index (χ4v) is 3.74. The van der Waals surface area contributed by atoms with E-state index < -0.39 is 0 Å². The molecule has 0 fully saturated rings. The first-order chi connectivity index (χ1) is 7.08. The van der Waals surface area contributed by atoms with E-state index in [1.807, 2.05) is 11.3 Å². The van der Waals surface area contributed by atoms with E-state index in [0.717, 1.165) is 0 Å². The van der Waals surface area contributed by atoms with Gasteiger partial charge in [-0.1, -0.05) is 0 Å². The number of hydrogen-bond donors (Lipinski definition) is 1. The van der Waals surface area contributed by atoms with E-state index in [2.05, 4.69) is 39.0 Å². The Morgan fingerprint density at radius 3 is 2.27 bits per heavy atom. The van der Waals surface area contributed by atoms with E-state index in [9.17, 15) is 0 Å². The summed E-state index contributed by atoms with van der Waals surface area (Å²) in [6, 6.07) is 6.54. The lowest BCUT2D eigenvalue weighted by molar-refractivity contribution is 0.908. The molecule has 2 aromatic rings. The summed E-state index contributed by atoms with van der Waals surface area (Å²) in [5, 5.41) is 0. The van der Waals surface area contributed by atoms with E-state index in [4.69, 9.17) is 5.73 Å². The number of aryl methyl sites for hydroxylation is 3. The number of nitrogens with two attached hydrogens (primary N) is 1. The van der Waals surface area contributed by atoms with E-state index >= 15 is 0 Å². The number of rotatable bonds is 2. The molecule has 1 atom stereocenters. The van der Waals surface area contributed by atoms with Crippen LogP contribution in [0.3, 0.4) is 0 Å². The van der Waals surface area contributed by atoms with Crippen molar-refractivity contribution in [3.05, 3.63) is 43.3 Å². The van der Waals surface area contributed by atoms with E-state index in [-0.39, 0.29) is 6.04 Å². The third-order valence-corrected chi connectivity index (χ3v) is 4.75. The highest BCUT2D eigenvalue weighted by molar-refractivity contribution is 7.13. The molecule has 2 aromatic heterocycles. The van der Waals surface area contributed by atoms with Gasteiger partial charge in [0, 0.05) is 19.5 Å². The topological polar surface area (TPSA) is 26.0 Å². The smallest absolute Gasteiger partial charge is 0.0742 e.